The molecule has 1 saturated heterocycles. The standard InChI is InChI=1S/C14H28N2O2/c1-6-12-14(17)16(8-11(4)9-18-5)13(15-12)7-10(2)3/h10-13,15H,6-9H2,1-5H3. The van der Waals surface area contributed by atoms with Gasteiger partial charge in [-0.3, -0.25) is 10.1 Å². The molecule has 18 heavy (non-hydrogen) atoms. The lowest BCUT2D eigenvalue weighted by Crippen LogP contribution is -2.41. The van der Waals surface area contributed by atoms with Gasteiger partial charge in [-0.2, -0.15) is 0 Å². The van der Waals surface area contributed by atoms with Gasteiger partial charge in [0.05, 0.1) is 18.8 Å². The van der Waals surface area contributed by atoms with Crippen molar-refractivity contribution in [1.82, 2.24) is 10.2 Å². The van der Waals surface area contributed by atoms with Gasteiger partial charge >= 0.3 is 0 Å². The topological polar surface area (TPSA) is 41.6 Å². The van der Waals surface area contributed by atoms with E-state index in [9.17, 15) is 4.79 Å². The number of methoxy groups -OCH3 is 1. The van der Waals surface area contributed by atoms with Crippen LogP contribution in [-0.2, 0) is 9.53 Å². The quantitative estimate of drug-likeness (QED) is 0.756. The molecule has 1 fully saturated rings. The lowest BCUT2D eigenvalue weighted by molar-refractivity contribution is -0.131. The second kappa shape index (κ2) is 7.10. The minimum atomic E-state index is 0.00324. The van der Waals surface area contributed by atoms with Crippen LogP contribution in [0.3, 0.4) is 0 Å². The van der Waals surface area contributed by atoms with E-state index in [-0.39, 0.29) is 18.1 Å². The van der Waals surface area contributed by atoms with Crippen molar-refractivity contribution in [2.24, 2.45) is 11.8 Å². The number of carbonyl (C=O) groups is 1. The van der Waals surface area contributed by atoms with Crippen LogP contribution in [0.1, 0.15) is 40.5 Å². The van der Waals surface area contributed by atoms with Gasteiger partial charge in [0.2, 0.25) is 5.91 Å². The van der Waals surface area contributed by atoms with Gasteiger partial charge in [-0.15, -0.1) is 0 Å². The monoisotopic (exact) mass is 256 g/mol. The summed E-state index contributed by atoms with van der Waals surface area (Å²) in [5, 5.41) is 3.45. The summed E-state index contributed by atoms with van der Waals surface area (Å²) in [6.45, 7) is 10.1. The zero-order valence-electron chi connectivity index (χ0n) is 12.4. The van der Waals surface area contributed by atoms with E-state index in [0.29, 0.717) is 18.4 Å². The molecule has 0 radical (unpaired) electrons. The molecule has 1 amide bonds. The first kappa shape index (κ1) is 15.4. The highest BCUT2D eigenvalue weighted by Gasteiger charge is 2.38. The Morgan fingerprint density at radius 1 is 1.39 bits per heavy atom. The van der Waals surface area contributed by atoms with Crippen LogP contribution >= 0.6 is 0 Å². The number of hydrogen-bond acceptors (Lipinski definition) is 3. The maximum Gasteiger partial charge on any atom is 0.241 e. The fraction of sp³-hybridized carbons (Fsp3) is 0.929. The van der Waals surface area contributed by atoms with Gasteiger partial charge in [0.15, 0.2) is 0 Å². The van der Waals surface area contributed by atoms with Gasteiger partial charge < -0.3 is 9.64 Å². The molecule has 0 aliphatic carbocycles. The number of nitrogens with zero attached hydrogens (tertiary/aromatic N) is 1. The molecule has 3 atom stereocenters. The highest BCUT2D eigenvalue weighted by atomic mass is 16.5. The fourth-order valence-electron chi connectivity index (χ4n) is 2.57. The zero-order valence-corrected chi connectivity index (χ0v) is 12.4. The van der Waals surface area contributed by atoms with Crippen molar-refractivity contribution in [3.63, 3.8) is 0 Å². The highest BCUT2D eigenvalue weighted by Crippen LogP contribution is 2.20. The molecule has 1 rings (SSSR count). The largest absolute Gasteiger partial charge is 0.384 e. The van der Waals surface area contributed by atoms with E-state index in [0.717, 1.165) is 19.4 Å². The second-order valence-electron chi connectivity index (χ2n) is 5.82. The van der Waals surface area contributed by atoms with Crippen LogP contribution in [0.5, 0.6) is 0 Å². The van der Waals surface area contributed by atoms with Crippen molar-refractivity contribution < 1.29 is 9.53 Å². The highest BCUT2D eigenvalue weighted by molar-refractivity contribution is 5.84. The molecule has 0 saturated carbocycles. The number of hydrogen-bond donors (Lipinski definition) is 1. The Hall–Kier alpha value is -0.610. The maximum atomic E-state index is 12.3. The minimum absolute atomic E-state index is 0.00324. The third kappa shape index (κ3) is 3.95. The Labute approximate surface area is 111 Å². The lowest BCUT2D eigenvalue weighted by Gasteiger charge is -2.28. The zero-order chi connectivity index (χ0) is 13.7. The Morgan fingerprint density at radius 2 is 2.06 bits per heavy atom. The average molecular weight is 256 g/mol. The van der Waals surface area contributed by atoms with E-state index in [1.54, 1.807) is 7.11 Å². The molecule has 1 heterocycles. The van der Waals surface area contributed by atoms with Crippen LogP contribution in [-0.4, -0.2) is 43.3 Å². The number of amides is 1. The Kier molecular flexibility index (Phi) is 6.09. The Bertz CT molecular complexity index is 269. The van der Waals surface area contributed by atoms with Crippen molar-refractivity contribution in [3.05, 3.63) is 0 Å². The number of rotatable bonds is 7. The van der Waals surface area contributed by atoms with Crippen molar-refractivity contribution in [3.8, 4) is 0 Å². The van der Waals surface area contributed by atoms with E-state index in [4.69, 9.17) is 4.74 Å². The van der Waals surface area contributed by atoms with Crippen LogP contribution in [0, 0.1) is 11.8 Å². The normalized spacial score (nSPS) is 26.1. The molecule has 4 heteroatoms. The van der Waals surface area contributed by atoms with Gasteiger partial charge in [0.1, 0.15) is 0 Å². The molecule has 0 aromatic rings. The van der Waals surface area contributed by atoms with E-state index < -0.39 is 0 Å². The predicted molar refractivity (Wildman–Crippen MR) is 73.2 cm³/mol. The number of carbonyl (C=O) groups excluding carboxylic acids is 1. The molecule has 0 aromatic heterocycles. The first-order chi connectivity index (χ1) is 8.49. The van der Waals surface area contributed by atoms with Crippen molar-refractivity contribution in [2.45, 2.75) is 52.7 Å². The molecular weight excluding hydrogens is 228 g/mol. The number of nitrogens with one attached hydrogen (secondary N) is 1. The van der Waals surface area contributed by atoms with Gasteiger partial charge in [0.25, 0.3) is 0 Å². The smallest absolute Gasteiger partial charge is 0.241 e. The van der Waals surface area contributed by atoms with Crippen molar-refractivity contribution in [1.29, 1.82) is 0 Å². The van der Waals surface area contributed by atoms with Gasteiger partial charge in [0, 0.05) is 13.7 Å². The van der Waals surface area contributed by atoms with Gasteiger partial charge in [-0.1, -0.05) is 27.7 Å². The maximum absolute atomic E-state index is 12.3. The lowest BCUT2D eigenvalue weighted by atomic mass is 10.1. The molecule has 1 aliphatic heterocycles. The van der Waals surface area contributed by atoms with Crippen molar-refractivity contribution >= 4 is 5.91 Å². The summed E-state index contributed by atoms with van der Waals surface area (Å²) in [4.78, 5) is 14.3. The van der Waals surface area contributed by atoms with Crippen molar-refractivity contribution in [2.75, 3.05) is 20.3 Å². The summed E-state index contributed by atoms with van der Waals surface area (Å²) >= 11 is 0. The van der Waals surface area contributed by atoms with Crippen LogP contribution in [0.2, 0.25) is 0 Å². The summed E-state index contributed by atoms with van der Waals surface area (Å²) in [7, 11) is 1.71. The molecule has 0 aromatic carbocycles. The first-order valence-electron chi connectivity index (χ1n) is 7.05. The summed E-state index contributed by atoms with van der Waals surface area (Å²) in [5.41, 5.74) is 0. The Morgan fingerprint density at radius 3 is 2.56 bits per heavy atom. The fourth-order valence-corrected chi connectivity index (χ4v) is 2.57. The molecular formula is C14H28N2O2. The van der Waals surface area contributed by atoms with Crippen LogP contribution in [0.4, 0.5) is 0 Å². The van der Waals surface area contributed by atoms with E-state index in [1.165, 1.54) is 0 Å². The summed E-state index contributed by atoms with van der Waals surface area (Å²) in [5.74, 6) is 1.23. The van der Waals surface area contributed by atoms with E-state index in [1.807, 2.05) is 4.90 Å². The van der Waals surface area contributed by atoms with E-state index in [2.05, 4.69) is 33.0 Å². The van der Waals surface area contributed by atoms with Crippen LogP contribution < -0.4 is 5.32 Å². The third-order valence-corrected chi connectivity index (χ3v) is 3.41. The summed E-state index contributed by atoms with van der Waals surface area (Å²) in [6.07, 6.45) is 2.08. The van der Waals surface area contributed by atoms with E-state index >= 15 is 0 Å². The second-order valence-corrected chi connectivity index (χ2v) is 5.82. The van der Waals surface area contributed by atoms with Crippen LogP contribution in [0.15, 0.2) is 0 Å². The molecule has 106 valence electrons. The van der Waals surface area contributed by atoms with Crippen LogP contribution in [0.25, 0.3) is 0 Å². The molecule has 1 N–H and O–H groups in total. The molecule has 1 aliphatic rings. The van der Waals surface area contributed by atoms with Gasteiger partial charge in [-0.05, 0) is 24.7 Å². The first-order valence-corrected chi connectivity index (χ1v) is 7.05. The van der Waals surface area contributed by atoms with Gasteiger partial charge in [-0.25, -0.2) is 0 Å². The number of ether oxygens (including phenoxy) is 1. The Balaban J connectivity index is 2.66. The minimum Gasteiger partial charge on any atom is -0.384 e. The summed E-state index contributed by atoms with van der Waals surface area (Å²) < 4.78 is 5.16. The predicted octanol–water partition coefficient (Wildman–Crippen LogP) is 1.85. The SMILES string of the molecule is CCC1NC(CC(C)C)N(CC(C)COC)C1=O. The summed E-state index contributed by atoms with van der Waals surface area (Å²) in [6, 6.07) is 0.00324. The third-order valence-electron chi connectivity index (χ3n) is 3.41. The molecule has 3 unspecified atom stereocenters. The molecule has 0 bridgehead atoms. The molecule has 0 spiro atoms. The average Bonchev–Trinajstić information content (AvgIpc) is 2.57. The molecule has 4 nitrogen and oxygen atoms in total.